The van der Waals surface area contributed by atoms with Crippen molar-refractivity contribution in [1.82, 2.24) is 0 Å². The highest BCUT2D eigenvalue weighted by molar-refractivity contribution is 5.71. The molecule has 446 valence electrons. The molecule has 0 aliphatic carbocycles. The van der Waals surface area contributed by atoms with Gasteiger partial charge in [-0.15, -0.1) is 0 Å². The Kier molecular flexibility index (Phi) is 63.1. The predicted octanol–water partition coefficient (Wildman–Crippen LogP) is 23.2. The Morgan fingerprint density at radius 1 is 0.263 bits per heavy atom. The van der Waals surface area contributed by atoms with E-state index >= 15 is 0 Å². The topological polar surface area (TPSA) is 78.9 Å². The van der Waals surface area contributed by atoms with Gasteiger partial charge in [0, 0.05) is 19.3 Å². The van der Waals surface area contributed by atoms with E-state index in [1.54, 1.807) is 0 Å². The summed E-state index contributed by atoms with van der Waals surface area (Å²) in [6.07, 6.45) is 80.6. The van der Waals surface area contributed by atoms with Crippen molar-refractivity contribution in [3.63, 3.8) is 0 Å². The molecule has 0 aromatic rings. The maximum atomic E-state index is 12.8. The minimum absolute atomic E-state index is 0.0699. The molecule has 0 saturated heterocycles. The summed E-state index contributed by atoms with van der Waals surface area (Å²) in [5.41, 5.74) is 0. The van der Waals surface area contributed by atoms with Crippen LogP contribution in [0.2, 0.25) is 0 Å². The molecule has 1 unspecified atom stereocenters. The highest BCUT2D eigenvalue weighted by Crippen LogP contribution is 2.18. The van der Waals surface area contributed by atoms with E-state index in [2.05, 4.69) is 57.2 Å². The van der Waals surface area contributed by atoms with Gasteiger partial charge in [0.1, 0.15) is 13.2 Å². The van der Waals surface area contributed by atoms with Gasteiger partial charge in [-0.1, -0.05) is 314 Å². The molecule has 76 heavy (non-hydrogen) atoms. The second kappa shape index (κ2) is 65.2. The van der Waals surface area contributed by atoms with Crippen LogP contribution in [0.1, 0.15) is 374 Å². The number of allylic oxidation sites excluding steroid dienone is 6. The fourth-order valence-electron chi connectivity index (χ4n) is 10.2. The molecule has 0 radical (unpaired) electrons. The molecule has 0 aromatic heterocycles. The lowest BCUT2D eigenvalue weighted by molar-refractivity contribution is -0.167. The molecule has 6 heteroatoms. The normalized spacial score (nSPS) is 12.2. The molecule has 0 aromatic carbocycles. The third-order valence-electron chi connectivity index (χ3n) is 15.4. The third-order valence-corrected chi connectivity index (χ3v) is 15.4. The molecule has 6 nitrogen and oxygen atoms in total. The third kappa shape index (κ3) is 62.5. The second-order valence-electron chi connectivity index (χ2n) is 23.1. The van der Waals surface area contributed by atoms with Gasteiger partial charge in [0.15, 0.2) is 6.10 Å². The Bertz CT molecular complexity index is 1270. The summed E-state index contributed by atoms with van der Waals surface area (Å²) in [6.45, 7) is 6.64. The first-order valence-corrected chi connectivity index (χ1v) is 34.0. The summed E-state index contributed by atoms with van der Waals surface area (Å²) in [6, 6.07) is 0. The van der Waals surface area contributed by atoms with Gasteiger partial charge in [0.05, 0.1) is 0 Å². The van der Waals surface area contributed by atoms with Crippen LogP contribution in [0, 0.1) is 0 Å². The first kappa shape index (κ1) is 73.6. The van der Waals surface area contributed by atoms with Crippen molar-refractivity contribution < 1.29 is 28.6 Å². The average molecular weight is 1070 g/mol. The molecule has 0 aliphatic heterocycles. The molecule has 0 spiro atoms. The minimum atomic E-state index is -0.770. The molecule has 0 bridgehead atoms. The van der Waals surface area contributed by atoms with E-state index in [0.717, 1.165) is 70.6 Å². The average Bonchev–Trinajstić information content (AvgIpc) is 3.42. The smallest absolute Gasteiger partial charge is 0.306 e. The predicted molar refractivity (Wildman–Crippen MR) is 330 cm³/mol. The zero-order valence-electron chi connectivity index (χ0n) is 51.3. The van der Waals surface area contributed by atoms with E-state index in [0.29, 0.717) is 19.3 Å². The first-order chi connectivity index (χ1) is 37.5. The van der Waals surface area contributed by atoms with Crippen LogP contribution >= 0.6 is 0 Å². The van der Waals surface area contributed by atoms with Crippen molar-refractivity contribution in [3.8, 4) is 0 Å². The fraction of sp³-hybridized carbons (Fsp3) is 0.871. The van der Waals surface area contributed by atoms with Gasteiger partial charge >= 0.3 is 17.9 Å². The van der Waals surface area contributed by atoms with Crippen LogP contribution in [0.15, 0.2) is 36.5 Å². The van der Waals surface area contributed by atoms with E-state index in [-0.39, 0.29) is 31.1 Å². The molecule has 0 fully saturated rings. The monoisotopic (exact) mass is 1070 g/mol. The molecule has 0 heterocycles. The number of carbonyl (C=O) groups is 3. The van der Waals surface area contributed by atoms with Gasteiger partial charge in [-0.3, -0.25) is 14.4 Å². The summed E-state index contributed by atoms with van der Waals surface area (Å²) in [4.78, 5) is 38.1. The molecule has 0 N–H and O–H groups in total. The lowest BCUT2D eigenvalue weighted by atomic mass is 10.0. The summed E-state index contributed by atoms with van der Waals surface area (Å²) in [5.74, 6) is -0.861. The van der Waals surface area contributed by atoms with Crippen molar-refractivity contribution in [1.29, 1.82) is 0 Å². The number of carbonyl (C=O) groups excluding carboxylic acids is 3. The molecule has 0 amide bonds. The van der Waals surface area contributed by atoms with E-state index in [4.69, 9.17) is 14.2 Å². The standard InChI is InChI=1S/C70H130O6/c1-4-7-10-13-16-19-21-23-25-26-27-28-29-30-31-32-33-34-35-36-37-38-39-40-41-42-43-44-46-47-49-51-54-57-60-63-69(72)75-66-67(65-74-68(71)62-59-56-53-18-15-12-9-6-3)76-70(73)64-61-58-55-52-50-48-45-24-22-20-17-14-11-8-5-2/h21,23-24,26-27,45,67H,4-20,22,25,28-44,46-66H2,1-3H3/b23-21-,27-26-,45-24-. The van der Waals surface area contributed by atoms with Crippen molar-refractivity contribution in [2.24, 2.45) is 0 Å². The largest absolute Gasteiger partial charge is 0.462 e. The van der Waals surface area contributed by atoms with Crippen molar-refractivity contribution in [2.75, 3.05) is 13.2 Å². The Labute approximate surface area is 474 Å². The number of ether oxygens (including phenoxy) is 3. The Hall–Kier alpha value is -2.37. The van der Waals surface area contributed by atoms with Crippen LogP contribution in [-0.4, -0.2) is 37.2 Å². The summed E-state index contributed by atoms with van der Waals surface area (Å²) >= 11 is 0. The zero-order valence-corrected chi connectivity index (χ0v) is 51.3. The van der Waals surface area contributed by atoms with Gasteiger partial charge in [0.2, 0.25) is 0 Å². The summed E-state index contributed by atoms with van der Waals surface area (Å²) in [5, 5.41) is 0. The van der Waals surface area contributed by atoms with Gasteiger partial charge in [-0.25, -0.2) is 0 Å². The second-order valence-corrected chi connectivity index (χ2v) is 23.1. The van der Waals surface area contributed by atoms with Crippen LogP contribution in [-0.2, 0) is 28.6 Å². The van der Waals surface area contributed by atoms with Crippen LogP contribution in [0.5, 0.6) is 0 Å². The van der Waals surface area contributed by atoms with Crippen LogP contribution in [0.4, 0.5) is 0 Å². The van der Waals surface area contributed by atoms with E-state index in [1.165, 1.54) is 263 Å². The number of hydrogen-bond donors (Lipinski definition) is 0. The molecule has 1 atom stereocenters. The van der Waals surface area contributed by atoms with E-state index in [9.17, 15) is 14.4 Å². The van der Waals surface area contributed by atoms with Gasteiger partial charge < -0.3 is 14.2 Å². The first-order valence-electron chi connectivity index (χ1n) is 34.0. The number of esters is 3. The van der Waals surface area contributed by atoms with Crippen molar-refractivity contribution >= 4 is 17.9 Å². The maximum Gasteiger partial charge on any atom is 0.306 e. The number of rotatable bonds is 63. The van der Waals surface area contributed by atoms with Crippen LogP contribution < -0.4 is 0 Å². The quantitative estimate of drug-likeness (QED) is 0.0261. The lowest BCUT2D eigenvalue weighted by Gasteiger charge is -2.18. The lowest BCUT2D eigenvalue weighted by Crippen LogP contribution is -2.30. The molecular weight excluding hydrogens is 937 g/mol. The Morgan fingerprint density at radius 3 is 0.737 bits per heavy atom. The van der Waals surface area contributed by atoms with E-state index in [1.807, 2.05) is 0 Å². The van der Waals surface area contributed by atoms with Crippen molar-refractivity contribution in [3.05, 3.63) is 36.5 Å². The molecule has 0 rings (SSSR count). The van der Waals surface area contributed by atoms with Gasteiger partial charge in [0.25, 0.3) is 0 Å². The summed E-state index contributed by atoms with van der Waals surface area (Å²) in [7, 11) is 0. The molecule has 0 aliphatic rings. The Balaban J connectivity index is 3.94. The highest BCUT2D eigenvalue weighted by atomic mass is 16.6. The zero-order chi connectivity index (χ0) is 55.0. The molecular formula is C70H130O6. The Morgan fingerprint density at radius 2 is 0.474 bits per heavy atom. The van der Waals surface area contributed by atoms with Crippen LogP contribution in [0.25, 0.3) is 0 Å². The van der Waals surface area contributed by atoms with E-state index < -0.39 is 6.10 Å². The highest BCUT2D eigenvalue weighted by Gasteiger charge is 2.19. The minimum Gasteiger partial charge on any atom is -0.462 e. The maximum absolute atomic E-state index is 12.8. The van der Waals surface area contributed by atoms with Crippen LogP contribution in [0.3, 0.4) is 0 Å². The number of unbranched alkanes of at least 4 members (excludes halogenated alkanes) is 46. The molecule has 0 saturated carbocycles. The summed E-state index contributed by atoms with van der Waals surface area (Å²) < 4.78 is 16.9. The van der Waals surface area contributed by atoms with Crippen molar-refractivity contribution in [2.45, 2.75) is 380 Å². The van der Waals surface area contributed by atoms with Gasteiger partial charge in [-0.2, -0.15) is 0 Å². The fourth-order valence-corrected chi connectivity index (χ4v) is 10.2. The SMILES string of the molecule is CCCCCCC/C=C\C/C=C\CCCCCCCCCCCCCCCCCCCCCCCCCC(=O)OCC(COC(=O)CCCCCCCCCC)OC(=O)CCCCCCC/C=C\CCCCCCCC. The van der Waals surface area contributed by atoms with Gasteiger partial charge in [-0.05, 0) is 77.0 Å². The number of hydrogen-bond acceptors (Lipinski definition) is 6.